The molecule has 134 valence electrons. The van der Waals surface area contributed by atoms with E-state index in [1.807, 2.05) is 43.3 Å². The Kier molecular flexibility index (Phi) is 6.18. The molecule has 1 unspecified atom stereocenters. The first-order chi connectivity index (χ1) is 12.1. The maximum absolute atomic E-state index is 12.2. The number of halogens is 1. The summed E-state index contributed by atoms with van der Waals surface area (Å²) in [6, 6.07) is 11.4. The first kappa shape index (κ1) is 18.0. The maximum atomic E-state index is 12.2. The summed E-state index contributed by atoms with van der Waals surface area (Å²) < 4.78 is 12.3. The third kappa shape index (κ3) is 5.11. The molecule has 3 rings (SSSR count). The van der Waals surface area contributed by atoms with E-state index < -0.39 is 0 Å². The molecule has 2 heterocycles. The number of hydrogen-bond donors (Lipinski definition) is 1. The van der Waals surface area contributed by atoms with Crippen molar-refractivity contribution in [1.82, 2.24) is 10.2 Å². The standard InChI is InChI=1S/C18H21ClN2O3S/c1-2-21(10-14-7-8-17(19)25-14)11-18(22)20-9-13-12-23-15-5-3-4-6-16(15)24-13/h3-8,13H,2,9-12H2,1H3,(H,20,22). The zero-order chi connectivity index (χ0) is 17.6. The van der Waals surface area contributed by atoms with Crippen LogP contribution in [0.1, 0.15) is 11.8 Å². The molecule has 0 saturated carbocycles. The molecule has 2 aromatic rings. The van der Waals surface area contributed by atoms with Gasteiger partial charge in [0, 0.05) is 11.4 Å². The van der Waals surface area contributed by atoms with Gasteiger partial charge in [0.25, 0.3) is 0 Å². The molecule has 1 aromatic carbocycles. The van der Waals surface area contributed by atoms with Gasteiger partial charge in [0.2, 0.25) is 5.91 Å². The van der Waals surface area contributed by atoms with Gasteiger partial charge in [-0.1, -0.05) is 30.7 Å². The molecule has 1 N–H and O–H groups in total. The zero-order valence-corrected chi connectivity index (χ0v) is 15.6. The minimum absolute atomic E-state index is 0.0213. The summed E-state index contributed by atoms with van der Waals surface area (Å²) in [5.41, 5.74) is 0. The van der Waals surface area contributed by atoms with Gasteiger partial charge < -0.3 is 14.8 Å². The molecule has 5 nitrogen and oxygen atoms in total. The lowest BCUT2D eigenvalue weighted by Crippen LogP contribution is -2.44. The lowest BCUT2D eigenvalue weighted by Gasteiger charge is -2.27. The van der Waals surface area contributed by atoms with E-state index in [2.05, 4.69) is 10.2 Å². The number of likely N-dealkylation sites (N-methyl/N-ethyl adjacent to an activating group) is 1. The summed E-state index contributed by atoms with van der Waals surface area (Å²) in [5.74, 6) is 1.45. The fourth-order valence-electron chi connectivity index (χ4n) is 2.59. The van der Waals surface area contributed by atoms with E-state index in [0.717, 1.165) is 33.8 Å². The number of carbonyl (C=O) groups excluding carboxylic acids is 1. The molecule has 1 aliphatic rings. The number of ether oxygens (including phenoxy) is 2. The Morgan fingerprint density at radius 2 is 2.12 bits per heavy atom. The average Bonchev–Trinajstić information content (AvgIpc) is 3.04. The molecule has 1 amide bonds. The van der Waals surface area contributed by atoms with E-state index in [9.17, 15) is 4.79 Å². The highest BCUT2D eigenvalue weighted by Crippen LogP contribution is 2.30. The van der Waals surface area contributed by atoms with Crippen molar-refractivity contribution in [3.05, 3.63) is 45.6 Å². The van der Waals surface area contributed by atoms with Crippen molar-refractivity contribution < 1.29 is 14.3 Å². The largest absolute Gasteiger partial charge is 0.486 e. The number of benzene rings is 1. The molecule has 0 fully saturated rings. The van der Waals surface area contributed by atoms with Gasteiger partial charge in [-0.25, -0.2) is 0 Å². The van der Waals surface area contributed by atoms with Gasteiger partial charge in [-0.15, -0.1) is 11.3 Å². The van der Waals surface area contributed by atoms with Crippen molar-refractivity contribution in [3.63, 3.8) is 0 Å². The molecule has 1 aromatic heterocycles. The van der Waals surface area contributed by atoms with Gasteiger partial charge in [0.1, 0.15) is 12.7 Å². The Morgan fingerprint density at radius 3 is 2.84 bits per heavy atom. The second kappa shape index (κ2) is 8.56. The Labute approximate surface area is 156 Å². The Bertz CT molecular complexity index is 722. The molecule has 1 aliphatic heterocycles. The van der Waals surface area contributed by atoms with Crippen LogP contribution in [0.4, 0.5) is 0 Å². The number of thiophene rings is 1. The van der Waals surface area contributed by atoms with Crippen molar-refractivity contribution in [2.75, 3.05) is 26.2 Å². The number of carbonyl (C=O) groups is 1. The molecule has 0 spiro atoms. The molecule has 7 heteroatoms. The van der Waals surface area contributed by atoms with Gasteiger partial charge in [-0.2, -0.15) is 0 Å². The van der Waals surface area contributed by atoms with Gasteiger partial charge in [0.05, 0.1) is 17.4 Å². The normalized spacial score (nSPS) is 16.0. The quantitative estimate of drug-likeness (QED) is 0.801. The number of para-hydroxylation sites is 2. The average molecular weight is 381 g/mol. The number of hydrogen-bond acceptors (Lipinski definition) is 5. The van der Waals surface area contributed by atoms with E-state index in [1.54, 1.807) is 11.3 Å². The van der Waals surface area contributed by atoms with E-state index in [4.69, 9.17) is 21.1 Å². The van der Waals surface area contributed by atoms with Crippen molar-refractivity contribution >= 4 is 28.8 Å². The van der Waals surface area contributed by atoms with Gasteiger partial charge >= 0.3 is 0 Å². The summed E-state index contributed by atoms with van der Waals surface area (Å²) in [6.45, 7) is 4.75. The fraction of sp³-hybridized carbons (Fsp3) is 0.389. The summed E-state index contributed by atoms with van der Waals surface area (Å²) >= 11 is 7.50. The van der Waals surface area contributed by atoms with Crippen LogP contribution < -0.4 is 14.8 Å². The predicted molar refractivity (Wildman–Crippen MR) is 99.6 cm³/mol. The zero-order valence-electron chi connectivity index (χ0n) is 14.0. The van der Waals surface area contributed by atoms with Crippen LogP contribution in [0.2, 0.25) is 4.34 Å². The van der Waals surface area contributed by atoms with Crippen molar-refractivity contribution in [1.29, 1.82) is 0 Å². The van der Waals surface area contributed by atoms with Crippen LogP contribution >= 0.6 is 22.9 Å². The number of amides is 1. The molecule has 0 saturated heterocycles. The molecule has 0 radical (unpaired) electrons. The summed E-state index contributed by atoms with van der Waals surface area (Å²) in [7, 11) is 0. The highest BCUT2D eigenvalue weighted by atomic mass is 35.5. The third-order valence-electron chi connectivity index (χ3n) is 3.92. The van der Waals surface area contributed by atoms with Crippen LogP contribution in [0, 0.1) is 0 Å². The molecular weight excluding hydrogens is 360 g/mol. The van der Waals surface area contributed by atoms with Crippen LogP contribution in [-0.4, -0.2) is 43.2 Å². The second-order valence-corrected chi connectivity index (χ2v) is 7.61. The summed E-state index contributed by atoms with van der Waals surface area (Å²) in [6.07, 6.45) is -0.176. The van der Waals surface area contributed by atoms with Gasteiger partial charge in [-0.05, 0) is 30.8 Å². The minimum Gasteiger partial charge on any atom is -0.486 e. The van der Waals surface area contributed by atoms with Crippen molar-refractivity contribution in [2.24, 2.45) is 0 Å². The highest BCUT2D eigenvalue weighted by molar-refractivity contribution is 7.16. The monoisotopic (exact) mass is 380 g/mol. The first-order valence-electron chi connectivity index (χ1n) is 8.25. The number of nitrogens with zero attached hydrogens (tertiary/aromatic N) is 1. The number of nitrogens with one attached hydrogen (secondary N) is 1. The first-order valence-corrected chi connectivity index (χ1v) is 9.45. The van der Waals surface area contributed by atoms with Crippen molar-refractivity contribution in [2.45, 2.75) is 19.6 Å². The number of rotatable bonds is 7. The van der Waals surface area contributed by atoms with Crippen LogP contribution in [0.25, 0.3) is 0 Å². The Hall–Kier alpha value is -1.76. The molecule has 0 aliphatic carbocycles. The number of fused-ring (bicyclic) bond motifs is 1. The van der Waals surface area contributed by atoms with E-state index >= 15 is 0 Å². The summed E-state index contributed by atoms with van der Waals surface area (Å²) in [5, 5.41) is 2.93. The topological polar surface area (TPSA) is 50.8 Å². The third-order valence-corrected chi connectivity index (χ3v) is 5.13. The fourth-order valence-corrected chi connectivity index (χ4v) is 3.72. The predicted octanol–water partition coefficient (Wildman–Crippen LogP) is 3.18. The van der Waals surface area contributed by atoms with E-state index in [-0.39, 0.29) is 12.0 Å². The van der Waals surface area contributed by atoms with Crippen LogP contribution in [0.15, 0.2) is 36.4 Å². The molecule has 0 bridgehead atoms. The Morgan fingerprint density at radius 1 is 1.32 bits per heavy atom. The summed E-state index contributed by atoms with van der Waals surface area (Å²) in [4.78, 5) is 15.5. The smallest absolute Gasteiger partial charge is 0.234 e. The van der Waals surface area contributed by atoms with Crippen molar-refractivity contribution in [3.8, 4) is 11.5 Å². The van der Waals surface area contributed by atoms with Crippen LogP contribution in [-0.2, 0) is 11.3 Å². The molecule has 1 atom stereocenters. The van der Waals surface area contributed by atoms with Gasteiger partial charge in [-0.3, -0.25) is 9.69 Å². The van der Waals surface area contributed by atoms with E-state index in [1.165, 1.54) is 0 Å². The lowest BCUT2D eigenvalue weighted by atomic mass is 10.2. The molecular formula is C18H21ClN2O3S. The maximum Gasteiger partial charge on any atom is 0.234 e. The van der Waals surface area contributed by atoms with Crippen LogP contribution in [0.3, 0.4) is 0 Å². The van der Waals surface area contributed by atoms with Crippen LogP contribution in [0.5, 0.6) is 11.5 Å². The lowest BCUT2D eigenvalue weighted by molar-refractivity contribution is -0.122. The van der Waals surface area contributed by atoms with E-state index in [0.29, 0.717) is 19.7 Å². The second-order valence-electron chi connectivity index (χ2n) is 5.81. The highest BCUT2D eigenvalue weighted by Gasteiger charge is 2.21. The van der Waals surface area contributed by atoms with Gasteiger partial charge in [0.15, 0.2) is 11.5 Å². The minimum atomic E-state index is -0.176. The Balaban J connectivity index is 1.44. The molecule has 25 heavy (non-hydrogen) atoms. The SMILES string of the molecule is CCN(CC(=O)NCC1COc2ccccc2O1)Cc1ccc(Cl)s1.